The Morgan fingerprint density at radius 3 is 2.15 bits per heavy atom. The summed E-state index contributed by atoms with van der Waals surface area (Å²) in [5, 5.41) is 12.0. The Kier molecular flexibility index (Phi) is 6.00. The van der Waals surface area contributed by atoms with E-state index in [0.717, 1.165) is 5.56 Å². The molecule has 27 heavy (non-hydrogen) atoms. The van der Waals surface area contributed by atoms with Gasteiger partial charge in [0.15, 0.2) is 0 Å². The molecule has 0 bridgehead atoms. The van der Waals surface area contributed by atoms with Crippen molar-refractivity contribution in [1.29, 1.82) is 0 Å². The summed E-state index contributed by atoms with van der Waals surface area (Å²) < 4.78 is 0. The van der Waals surface area contributed by atoms with Crippen LogP contribution >= 0.6 is 0 Å². The number of nitrogens with one attached hydrogen (secondary N) is 1. The first-order chi connectivity index (χ1) is 12.6. The van der Waals surface area contributed by atoms with E-state index in [2.05, 4.69) is 26.1 Å². The van der Waals surface area contributed by atoms with Gasteiger partial charge in [-0.2, -0.15) is 0 Å². The molecule has 2 amide bonds. The number of hydrogen-bond donors (Lipinski definition) is 3. The first kappa shape index (κ1) is 20.2. The van der Waals surface area contributed by atoms with Crippen LogP contribution < -0.4 is 11.1 Å². The molecule has 0 fully saturated rings. The lowest BCUT2D eigenvalue weighted by Gasteiger charge is -2.22. The first-order valence-electron chi connectivity index (χ1n) is 8.61. The highest BCUT2D eigenvalue weighted by molar-refractivity contribution is 5.99. The molecule has 0 aliphatic rings. The van der Waals surface area contributed by atoms with Gasteiger partial charge in [-0.05, 0) is 34.7 Å². The molecule has 0 aliphatic heterocycles. The van der Waals surface area contributed by atoms with E-state index in [0.29, 0.717) is 5.56 Å². The van der Waals surface area contributed by atoms with Crippen molar-refractivity contribution in [2.24, 2.45) is 5.73 Å². The van der Waals surface area contributed by atoms with Gasteiger partial charge in [0, 0.05) is 11.1 Å². The van der Waals surface area contributed by atoms with Crippen LogP contribution in [0.5, 0.6) is 0 Å². The minimum absolute atomic E-state index is 0.0285. The van der Waals surface area contributed by atoms with E-state index in [9.17, 15) is 19.5 Å². The molecule has 0 aromatic heterocycles. The topological polar surface area (TPSA) is 109 Å². The highest BCUT2D eigenvalue weighted by Crippen LogP contribution is 2.25. The molecule has 1 unspecified atom stereocenters. The second-order valence-corrected chi connectivity index (χ2v) is 7.44. The standard InChI is InChI=1S/C21H24N2O4/c1-21(2,3)16-9-7-13(8-10-16)17(12-18(24)25)23-20(27)15-6-4-5-14(11-15)19(22)26/h4-11,17H,12H2,1-3H3,(H2,22,26)(H,23,27)(H,24,25). The molecule has 0 heterocycles. The van der Waals surface area contributed by atoms with Crippen LogP contribution in [-0.2, 0) is 10.2 Å². The number of benzene rings is 2. The summed E-state index contributed by atoms with van der Waals surface area (Å²) in [6, 6.07) is 12.8. The van der Waals surface area contributed by atoms with E-state index in [4.69, 9.17) is 5.73 Å². The molecule has 6 nitrogen and oxygen atoms in total. The van der Waals surface area contributed by atoms with E-state index in [1.807, 2.05) is 24.3 Å². The number of hydrogen-bond acceptors (Lipinski definition) is 3. The third-order valence-corrected chi connectivity index (χ3v) is 4.27. The van der Waals surface area contributed by atoms with Crippen LogP contribution in [0.4, 0.5) is 0 Å². The van der Waals surface area contributed by atoms with Crippen molar-refractivity contribution in [3.05, 3.63) is 70.8 Å². The Morgan fingerprint density at radius 1 is 1.04 bits per heavy atom. The third kappa shape index (κ3) is 5.41. The van der Waals surface area contributed by atoms with Crippen LogP contribution in [0.15, 0.2) is 48.5 Å². The van der Waals surface area contributed by atoms with Crippen molar-refractivity contribution in [1.82, 2.24) is 5.32 Å². The zero-order valence-corrected chi connectivity index (χ0v) is 15.7. The largest absolute Gasteiger partial charge is 0.481 e. The van der Waals surface area contributed by atoms with Crippen molar-refractivity contribution in [3.63, 3.8) is 0 Å². The summed E-state index contributed by atoms with van der Waals surface area (Å²) in [5.74, 6) is -2.13. The molecule has 2 rings (SSSR count). The fraction of sp³-hybridized carbons (Fsp3) is 0.286. The van der Waals surface area contributed by atoms with Crippen LogP contribution in [0, 0.1) is 0 Å². The maximum absolute atomic E-state index is 12.6. The maximum atomic E-state index is 12.6. The Balaban J connectivity index is 2.26. The molecule has 6 heteroatoms. The Hall–Kier alpha value is -3.15. The summed E-state index contributed by atoms with van der Waals surface area (Å²) in [6.45, 7) is 6.26. The number of nitrogens with two attached hydrogens (primary N) is 1. The maximum Gasteiger partial charge on any atom is 0.305 e. The summed E-state index contributed by atoms with van der Waals surface area (Å²) in [7, 11) is 0. The molecule has 4 N–H and O–H groups in total. The SMILES string of the molecule is CC(C)(C)c1ccc(C(CC(=O)O)NC(=O)c2cccc(C(N)=O)c2)cc1. The minimum atomic E-state index is -1.02. The fourth-order valence-corrected chi connectivity index (χ4v) is 2.70. The lowest BCUT2D eigenvalue weighted by Crippen LogP contribution is -2.30. The predicted molar refractivity (Wildman–Crippen MR) is 103 cm³/mol. The average molecular weight is 368 g/mol. The Labute approximate surface area is 158 Å². The summed E-state index contributed by atoms with van der Waals surface area (Å²) in [4.78, 5) is 35.1. The quantitative estimate of drug-likeness (QED) is 0.728. The minimum Gasteiger partial charge on any atom is -0.481 e. The Bertz CT molecular complexity index is 851. The molecular formula is C21H24N2O4. The van der Waals surface area contributed by atoms with Gasteiger partial charge >= 0.3 is 5.97 Å². The zero-order chi connectivity index (χ0) is 20.2. The van der Waals surface area contributed by atoms with E-state index in [1.54, 1.807) is 12.1 Å². The highest BCUT2D eigenvalue weighted by atomic mass is 16.4. The predicted octanol–water partition coefficient (Wildman–Crippen LogP) is 3.03. The number of rotatable bonds is 6. The van der Waals surface area contributed by atoms with E-state index in [1.165, 1.54) is 12.1 Å². The van der Waals surface area contributed by atoms with E-state index < -0.39 is 23.8 Å². The summed E-state index contributed by atoms with van der Waals surface area (Å²) in [6.07, 6.45) is -0.254. The van der Waals surface area contributed by atoms with Gasteiger partial charge in [-0.25, -0.2) is 0 Å². The number of carbonyl (C=O) groups is 3. The summed E-state index contributed by atoms with van der Waals surface area (Å²) in [5.41, 5.74) is 7.48. The van der Waals surface area contributed by atoms with Crippen molar-refractivity contribution >= 4 is 17.8 Å². The van der Waals surface area contributed by atoms with Gasteiger partial charge in [0.2, 0.25) is 5.91 Å². The zero-order valence-electron chi connectivity index (χ0n) is 15.7. The molecular weight excluding hydrogens is 344 g/mol. The molecule has 0 radical (unpaired) electrons. The monoisotopic (exact) mass is 368 g/mol. The number of carboxylic acid groups (broad SMARTS) is 1. The number of carbonyl (C=O) groups excluding carboxylic acids is 2. The first-order valence-corrected chi connectivity index (χ1v) is 8.61. The summed E-state index contributed by atoms with van der Waals surface area (Å²) >= 11 is 0. The molecule has 2 aromatic carbocycles. The Morgan fingerprint density at radius 2 is 1.63 bits per heavy atom. The average Bonchev–Trinajstić information content (AvgIpc) is 2.60. The van der Waals surface area contributed by atoms with Crippen LogP contribution in [0.3, 0.4) is 0 Å². The normalized spacial score (nSPS) is 12.3. The van der Waals surface area contributed by atoms with E-state index >= 15 is 0 Å². The van der Waals surface area contributed by atoms with Crippen LogP contribution in [0.2, 0.25) is 0 Å². The van der Waals surface area contributed by atoms with Gasteiger partial charge in [-0.15, -0.1) is 0 Å². The lowest BCUT2D eigenvalue weighted by molar-refractivity contribution is -0.137. The molecule has 142 valence electrons. The molecule has 2 aromatic rings. The fourth-order valence-electron chi connectivity index (χ4n) is 2.70. The van der Waals surface area contributed by atoms with Gasteiger partial charge < -0.3 is 16.2 Å². The smallest absolute Gasteiger partial charge is 0.305 e. The van der Waals surface area contributed by atoms with Crippen molar-refractivity contribution in [3.8, 4) is 0 Å². The van der Waals surface area contributed by atoms with Crippen LogP contribution in [0.1, 0.15) is 65.1 Å². The lowest BCUT2D eigenvalue weighted by atomic mass is 9.86. The van der Waals surface area contributed by atoms with Gasteiger partial charge in [0.25, 0.3) is 5.91 Å². The number of amides is 2. The van der Waals surface area contributed by atoms with Gasteiger partial charge in [0.05, 0.1) is 12.5 Å². The van der Waals surface area contributed by atoms with Gasteiger partial charge in [-0.3, -0.25) is 14.4 Å². The second kappa shape index (κ2) is 8.03. The number of primary amides is 1. The van der Waals surface area contributed by atoms with Gasteiger partial charge in [-0.1, -0.05) is 51.1 Å². The van der Waals surface area contributed by atoms with E-state index in [-0.39, 0.29) is 23.0 Å². The van der Waals surface area contributed by atoms with Crippen LogP contribution in [-0.4, -0.2) is 22.9 Å². The van der Waals surface area contributed by atoms with Gasteiger partial charge in [0.1, 0.15) is 0 Å². The number of aliphatic carboxylic acids is 1. The van der Waals surface area contributed by atoms with Crippen molar-refractivity contribution < 1.29 is 19.5 Å². The van der Waals surface area contributed by atoms with Crippen LogP contribution in [0.25, 0.3) is 0 Å². The van der Waals surface area contributed by atoms with Crippen molar-refractivity contribution in [2.45, 2.75) is 38.6 Å². The second-order valence-electron chi connectivity index (χ2n) is 7.44. The number of carboxylic acids is 1. The third-order valence-electron chi connectivity index (χ3n) is 4.27. The highest BCUT2D eigenvalue weighted by Gasteiger charge is 2.21. The molecule has 0 aliphatic carbocycles. The molecule has 0 saturated heterocycles. The molecule has 0 spiro atoms. The molecule has 1 atom stereocenters. The van der Waals surface area contributed by atoms with Crippen molar-refractivity contribution in [2.75, 3.05) is 0 Å². The molecule has 0 saturated carbocycles.